The van der Waals surface area contributed by atoms with Crippen molar-refractivity contribution in [2.45, 2.75) is 52.0 Å². The molecule has 1 aliphatic rings. The van der Waals surface area contributed by atoms with E-state index in [2.05, 4.69) is 46.8 Å². The smallest absolute Gasteiger partial charge is 0.231 e. The van der Waals surface area contributed by atoms with Gasteiger partial charge in [0.25, 0.3) is 0 Å². The number of hydrogen-bond acceptors (Lipinski definition) is 3. The first kappa shape index (κ1) is 13.2. The molecule has 0 saturated carbocycles. The van der Waals surface area contributed by atoms with Crippen molar-refractivity contribution in [2.24, 2.45) is 5.73 Å². The zero-order valence-electron chi connectivity index (χ0n) is 12.0. The van der Waals surface area contributed by atoms with Crippen molar-refractivity contribution >= 4 is 0 Å². The summed E-state index contributed by atoms with van der Waals surface area (Å²) in [5, 5.41) is 0. The average molecular weight is 249 g/mol. The van der Waals surface area contributed by atoms with Gasteiger partial charge in [-0.05, 0) is 55.9 Å². The van der Waals surface area contributed by atoms with Crippen LogP contribution in [0.1, 0.15) is 45.2 Å². The first-order chi connectivity index (χ1) is 8.19. The highest BCUT2D eigenvalue weighted by atomic mass is 16.7. The largest absolute Gasteiger partial charge is 0.454 e. The summed E-state index contributed by atoms with van der Waals surface area (Å²) >= 11 is 0. The Bertz CT molecular complexity index is 458. The second kappa shape index (κ2) is 4.16. The van der Waals surface area contributed by atoms with Gasteiger partial charge in [0, 0.05) is 5.54 Å². The van der Waals surface area contributed by atoms with Crippen LogP contribution in [-0.4, -0.2) is 12.3 Å². The maximum Gasteiger partial charge on any atom is 0.231 e. The molecule has 3 nitrogen and oxygen atoms in total. The quantitative estimate of drug-likeness (QED) is 0.895. The molecule has 0 unspecified atom stereocenters. The van der Waals surface area contributed by atoms with Crippen molar-refractivity contribution in [2.75, 3.05) is 6.79 Å². The van der Waals surface area contributed by atoms with Gasteiger partial charge >= 0.3 is 0 Å². The Kier molecular flexibility index (Phi) is 3.06. The second-order valence-electron chi connectivity index (χ2n) is 6.57. The predicted molar refractivity (Wildman–Crippen MR) is 73.2 cm³/mol. The van der Waals surface area contributed by atoms with Crippen LogP contribution < -0.4 is 15.2 Å². The predicted octanol–water partition coefficient (Wildman–Crippen LogP) is 3.13. The molecule has 0 aliphatic carbocycles. The monoisotopic (exact) mass is 249 g/mol. The molecule has 100 valence electrons. The van der Waals surface area contributed by atoms with Gasteiger partial charge in [-0.25, -0.2) is 0 Å². The number of hydrogen-bond donors (Lipinski definition) is 1. The van der Waals surface area contributed by atoms with E-state index in [9.17, 15) is 0 Å². The van der Waals surface area contributed by atoms with Gasteiger partial charge in [-0.15, -0.1) is 0 Å². The highest BCUT2D eigenvalue weighted by Gasteiger charge is 2.30. The summed E-state index contributed by atoms with van der Waals surface area (Å²) in [7, 11) is 0. The first-order valence-electron chi connectivity index (χ1n) is 6.39. The average Bonchev–Trinajstić information content (AvgIpc) is 2.58. The normalized spacial score (nSPS) is 15.0. The van der Waals surface area contributed by atoms with E-state index in [0.29, 0.717) is 6.79 Å². The number of nitrogens with two attached hydrogens (primary N) is 1. The molecular weight excluding hydrogens is 226 g/mol. The van der Waals surface area contributed by atoms with Crippen molar-refractivity contribution in [3.63, 3.8) is 0 Å². The molecule has 2 rings (SSSR count). The van der Waals surface area contributed by atoms with Crippen molar-refractivity contribution in [3.8, 4) is 11.5 Å². The van der Waals surface area contributed by atoms with Crippen molar-refractivity contribution < 1.29 is 9.47 Å². The Labute approximate surface area is 109 Å². The molecule has 0 aromatic heterocycles. The fraction of sp³-hybridized carbons (Fsp3) is 0.600. The third-order valence-corrected chi connectivity index (χ3v) is 3.35. The lowest BCUT2D eigenvalue weighted by molar-refractivity contribution is 0.174. The molecule has 0 atom stereocenters. The Balaban J connectivity index is 2.38. The number of rotatable bonds is 3. The molecule has 1 heterocycles. The van der Waals surface area contributed by atoms with Gasteiger partial charge in [-0.3, -0.25) is 0 Å². The standard InChI is InChI=1S/C15H23NO2/c1-10-6-12-13(18-9-17-12)7-11(10)14(2,3)8-15(4,5)16/h6-7H,8-9,16H2,1-5H3. The van der Waals surface area contributed by atoms with Gasteiger partial charge in [0.15, 0.2) is 11.5 Å². The molecule has 2 N–H and O–H groups in total. The summed E-state index contributed by atoms with van der Waals surface area (Å²) in [6.07, 6.45) is 0.917. The summed E-state index contributed by atoms with van der Waals surface area (Å²) in [5.74, 6) is 1.69. The van der Waals surface area contributed by atoms with Crippen LogP contribution in [0.2, 0.25) is 0 Å². The van der Waals surface area contributed by atoms with Gasteiger partial charge in [0.1, 0.15) is 0 Å². The Hall–Kier alpha value is -1.22. The van der Waals surface area contributed by atoms with Crippen LogP contribution in [0.15, 0.2) is 12.1 Å². The lowest BCUT2D eigenvalue weighted by Crippen LogP contribution is -2.39. The third kappa shape index (κ3) is 2.61. The van der Waals surface area contributed by atoms with E-state index in [-0.39, 0.29) is 11.0 Å². The fourth-order valence-corrected chi connectivity index (χ4v) is 3.01. The minimum Gasteiger partial charge on any atom is -0.454 e. The van der Waals surface area contributed by atoms with Crippen molar-refractivity contribution in [3.05, 3.63) is 23.3 Å². The van der Waals surface area contributed by atoms with Crippen LogP contribution in [0.3, 0.4) is 0 Å². The molecular formula is C15H23NO2. The van der Waals surface area contributed by atoms with Gasteiger partial charge in [-0.2, -0.15) is 0 Å². The van der Waals surface area contributed by atoms with Crippen molar-refractivity contribution in [1.82, 2.24) is 0 Å². The van der Waals surface area contributed by atoms with Crippen LogP contribution in [0.5, 0.6) is 11.5 Å². The van der Waals surface area contributed by atoms with E-state index in [4.69, 9.17) is 15.2 Å². The second-order valence-corrected chi connectivity index (χ2v) is 6.57. The molecule has 0 fully saturated rings. The maximum atomic E-state index is 6.17. The topological polar surface area (TPSA) is 44.5 Å². The van der Waals surface area contributed by atoms with Crippen LogP contribution >= 0.6 is 0 Å². The van der Waals surface area contributed by atoms with Gasteiger partial charge in [0.2, 0.25) is 6.79 Å². The highest BCUT2D eigenvalue weighted by molar-refractivity contribution is 5.50. The Morgan fingerprint density at radius 1 is 1.11 bits per heavy atom. The summed E-state index contributed by atoms with van der Waals surface area (Å²) in [5.41, 5.74) is 8.51. The summed E-state index contributed by atoms with van der Waals surface area (Å²) < 4.78 is 10.9. The molecule has 3 heteroatoms. The van der Waals surface area contributed by atoms with E-state index in [1.165, 1.54) is 11.1 Å². The zero-order chi connectivity index (χ0) is 13.6. The molecule has 0 spiro atoms. The van der Waals surface area contributed by atoms with E-state index < -0.39 is 0 Å². The molecule has 0 saturated heterocycles. The maximum absolute atomic E-state index is 6.17. The van der Waals surface area contributed by atoms with E-state index >= 15 is 0 Å². The van der Waals surface area contributed by atoms with E-state index in [0.717, 1.165) is 17.9 Å². The molecule has 18 heavy (non-hydrogen) atoms. The van der Waals surface area contributed by atoms with Crippen LogP contribution in [0, 0.1) is 6.92 Å². The first-order valence-corrected chi connectivity index (χ1v) is 6.39. The van der Waals surface area contributed by atoms with Gasteiger partial charge < -0.3 is 15.2 Å². The summed E-state index contributed by atoms with van der Waals surface area (Å²) in [6.45, 7) is 11.0. The summed E-state index contributed by atoms with van der Waals surface area (Å²) in [6, 6.07) is 4.16. The molecule has 0 bridgehead atoms. The Morgan fingerprint density at radius 2 is 1.67 bits per heavy atom. The van der Waals surface area contributed by atoms with Crippen LogP contribution in [0.4, 0.5) is 0 Å². The molecule has 1 aliphatic heterocycles. The third-order valence-electron chi connectivity index (χ3n) is 3.35. The fourth-order valence-electron chi connectivity index (χ4n) is 3.01. The number of ether oxygens (including phenoxy) is 2. The summed E-state index contributed by atoms with van der Waals surface area (Å²) in [4.78, 5) is 0. The molecule has 1 aromatic rings. The molecule has 0 radical (unpaired) electrons. The van der Waals surface area contributed by atoms with Crippen molar-refractivity contribution in [1.29, 1.82) is 0 Å². The molecule has 0 amide bonds. The van der Waals surface area contributed by atoms with Crippen LogP contribution in [0.25, 0.3) is 0 Å². The van der Waals surface area contributed by atoms with Gasteiger partial charge in [-0.1, -0.05) is 13.8 Å². The number of aryl methyl sites for hydroxylation is 1. The lowest BCUT2D eigenvalue weighted by Gasteiger charge is -2.34. The molecule has 1 aromatic carbocycles. The zero-order valence-corrected chi connectivity index (χ0v) is 12.0. The minimum absolute atomic E-state index is 0.0172. The van der Waals surface area contributed by atoms with E-state index in [1.807, 2.05) is 0 Å². The highest BCUT2D eigenvalue weighted by Crippen LogP contribution is 2.41. The van der Waals surface area contributed by atoms with E-state index in [1.54, 1.807) is 0 Å². The SMILES string of the molecule is Cc1cc2c(cc1C(C)(C)CC(C)(C)N)OCO2. The van der Waals surface area contributed by atoms with Gasteiger partial charge in [0.05, 0.1) is 0 Å². The minimum atomic E-state index is -0.188. The number of benzene rings is 1. The Morgan fingerprint density at radius 3 is 2.22 bits per heavy atom. The lowest BCUT2D eigenvalue weighted by atomic mass is 9.74. The van der Waals surface area contributed by atoms with Crippen LogP contribution in [-0.2, 0) is 5.41 Å². The number of fused-ring (bicyclic) bond motifs is 1.